The molecule has 4 unspecified atom stereocenters. The smallest absolute Gasteiger partial charge is 0.407 e. The number of hydrogen-bond donors (Lipinski definition) is 4. The van der Waals surface area contributed by atoms with Crippen LogP contribution < -0.4 is 26.3 Å². The quantitative estimate of drug-likeness (QED) is 0.0319. The molecular weight excluding hydrogens is 933 g/mol. The summed E-state index contributed by atoms with van der Waals surface area (Å²) in [7, 11) is -0.361. The Morgan fingerprint density at radius 3 is 2.29 bits per heavy atom. The Morgan fingerprint density at radius 2 is 1.60 bits per heavy atom. The summed E-state index contributed by atoms with van der Waals surface area (Å²) in [6, 6.07) is 15.7. The lowest BCUT2D eigenvalue weighted by Crippen LogP contribution is -2.76. The number of amides is 4. The van der Waals surface area contributed by atoms with E-state index in [2.05, 4.69) is 101 Å². The van der Waals surface area contributed by atoms with Gasteiger partial charge in [-0.1, -0.05) is 39.0 Å². The van der Waals surface area contributed by atoms with Crippen LogP contribution in [0.5, 0.6) is 0 Å². The van der Waals surface area contributed by atoms with Crippen molar-refractivity contribution in [3.05, 3.63) is 87.9 Å². The minimum Gasteiger partial charge on any atom is -0.456 e. The van der Waals surface area contributed by atoms with E-state index in [1.807, 2.05) is 43.5 Å². The molecule has 4 atom stereocenters. The van der Waals surface area contributed by atoms with Gasteiger partial charge in [-0.25, -0.2) is 14.6 Å². The fourth-order valence-electron chi connectivity index (χ4n) is 8.46. The summed E-state index contributed by atoms with van der Waals surface area (Å²) >= 11 is 0. The first-order chi connectivity index (χ1) is 34.8. The molecule has 0 radical (unpaired) electrons. The van der Waals surface area contributed by atoms with Crippen molar-refractivity contribution >= 4 is 37.3 Å². The molecule has 394 valence electrons. The van der Waals surface area contributed by atoms with Gasteiger partial charge in [-0.2, -0.15) is 0 Å². The molecule has 4 N–H and O–H groups in total. The molecular formula is C55H81N6O10Si+. The number of urea groups is 1. The van der Waals surface area contributed by atoms with E-state index in [0.29, 0.717) is 71.1 Å². The minimum atomic E-state index is -2.07. The van der Waals surface area contributed by atoms with Crippen LogP contribution in [0, 0.1) is 20.8 Å². The normalized spacial score (nSPS) is 18.9. The number of ether oxygens (including phenoxy) is 5. The average molecular weight is 1020 g/mol. The lowest BCUT2D eigenvalue weighted by atomic mass is 9.88. The van der Waals surface area contributed by atoms with Crippen LogP contribution in [0.15, 0.2) is 64.7 Å². The van der Waals surface area contributed by atoms with Crippen LogP contribution in [0.3, 0.4) is 0 Å². The molecule has 3 aliphatic heterocycles. The molecule has 4 amide bonds. The number of nitrogens with zero attached hydrogens (tertiary/aromatic N) is 2. The molecule has 16 nitrogen and oxygen atoms in total. The highest BCUT2D eigenvalue weighted by Crippen LogP contribution is 2.43. The lowest BCUT2D eigenvalue weighted by Gasteiger charge is -2.39. The van der Waals surface area contributed by atoms with Crippen LogP contribution in [-0.4, -0.2) is 140 Å². The average Bonchev–Trinajstić information content (AvgIpc) is 3.74. The highest BCUT2D eigenvalue weighted by Gasteiger charge is 2.45. The van der Waals surface area contributed by atoms with Crippen molar-refractivity contribution in [3.63, 3.8) is 0 Å². The van der Waals surface area contributed by atoms with Crippen LogP contribution >= 0.6 is 0 Å². The number of nitrogens with one attached hydrogen (secondary N) is 4. The van der Waals surface area contributed by atoms with Gasteiger partial charge in [-0.05, 0) is 126 Å². The maximum absolute atomic E-state index is 14.1. The molecule has 2 aromatic rings. The standard InChI is InChI=1S/C55H80N6O10Si/c1-13-56-45-33-48-44(31-38(45)4)50(43-30-36(2)37(3)32-47(43)70-48)41-18-14-15-19-42(41)52(62)60(10)22-25-68-54(64)58-21-17-24-66-27-29-67-28-26-65-23-16-20-57-51-39(5)35-61(53(63)59-51)49-34-46(40(6)69-49)71-72(11,12)55(7,8)9/h14-15,18-19,30-33,35,40,46,49,51,57H,13,16-17,20-29,34H2,1-12H3,(H,58,64)(H,59,63)/p+1/i6D. The molecule has 17 heteroatoms. The largest absolute Gasteiger partial charge is 0.456 e. The molecule has 0 saturated carbocycles. The Kier molecular flexibility index (Phi) is 19.5. The first kappa shape index (κ1) is 54.6. The SMILES string of the molecule is [2H]CC1OC(N2C=C(C)C(NCCCOCCOCCOCCCNC(=O)OCCN(C)C(=O)c3ccccc3-c3c4cc(C)c(=[NH+]CC)cc-4oc4cc(C)c(C)cc34)NC2=O)CC1O[Si](C)(C)C(C)(C)C. The summed E-state index contributed by atoms with van der Waals surface area (Å²) in [5.41, 5.74) is 8.23. The maximum atomic E-state index is 14.1. The molecule has 2 aromatic carbocycles. The number of carbonyl (C=O) groups excluding carboxylic acids is 3. The van der Waals surface area contributed by atoms with Gasteiger partial charge in [0.25, 0.3) is 5.91 Å². The van der Waals surface area contributed by atoms with E-state index < -0.39 is 20.6 Å². The summed E-state index contributed by atoms with van der Waals surface area (Å²) in [5.74, 6) is 0.545. The molecule has 3 heterocycles. The zero-order valence-electron chi connectivity index (χ0n) is 45.6. The number of hydrogen-bond acceptors (Lipinski definition) is 11. The third kappa shape index (κ3) is 14.5. The van der Waals surface area contributed by atoms with Crippen molar-refractivity contribution in [2.45, 2.75) is 124 Å². The Balaban J connectivity index is 0.814. The third-order valence-electron chi connectivity index (χ3n) is 13.8. The van der Waals surface area contributed by atoms with Gasteiger partial charge < -0.3 is 48.1 Å². The summed E-state index contributed by atoms with van der Waals surface area (Å²) in [5, 5.41) is 11.1. The number of likely N-dealkylation sites (N-methyl/N-ethyl adjacent to an activating group) is 1. The third-order valence-corrected chi connectivity index (χ3v) is 18.3. The van der Waals surface area contributed by atoms with Crippen LogP contribution in [0.1, 0.15) is 89.2 Å². The highest BCUT2D eigenvalue weighted by atomic mass is 28.4. The number of fused-ring (bicyclic) bond motifs is 2. The van der Waals surface area contributed by atoms with Crippen molar-refractivity contribution in [2.75, 3.05) is 79.5 Å². The van der Waals surface area contributed by atoms with Crippen LogP contribution in [0.4, 0.5) is 9.59 Å². The lowest BCUT2D eigenvalue weighted by molar-refractivity contribution is -0.496. The first-order valence-electron chi connectivity index (χ1n) is 26.2. The zero-order valence-corrected chi connectivity index (χ0v) is 45.6. The van der Waals surface area contributed by atoms with Crippen LogP contribution in [0.2, 0.25) is 18.1 Å². The second kappa shape index (κ2) is 25.7. The topological polar surface area (TPSA) is 176 Å². The van der Waals surface area contributed by atoms with Crippen molar-refractivity contribution in [2.24, 2.45) is 0 Å². The summed E-state index contributed by atoms with van der Waals surface area (Å²) in [6.45, 7) is 26.1. The monoisotopic (exact) mass is 1010 g/mol. The van der Waals surface area contributed by atoms with Gasteiger partial charge in [0.1, 0.15) is 36.9 Å². The van der Waals surface area contributed by atoms with E-state index in [0.717, 1.165) is 74.0 Å². The van der Waals surface area contributed by atoms with Gasteiger partial charge in [0.15, 0.2) is 8.32 Å². The number of aryl methyl sites for hydroxylation is 3. The predicted molar refractivity (Wildman–Crippen MR) is 282 cm³/mol. The fourth-order valence-corrected chi connectivity index (χ4v) is 9.82. The summed E-state index contributed by atoms with van der Waals surface area (Å²) < 4.78 is 49.8. The van der Waals surface area contributed by atoms with Crippen molar-refractivity contribution in [3.8, 4) is 22.5 Å². The van der Waals surface area contributed by atoms with Gasteiger partial charge in [-0.3, -0.25) is 15.0 Å². The number of rotatable bonds is 24. The second-order valence-electron chi connectivity index (χ2n) is 20.4. The number of carbonyl (C=O) groups is 3. The fraction of sp³-hybridized carbons (Fsp3) is 0.564. The Morgan fingerprint density at radius 1 is 0.917 bits per heavy atom. The van der Waals surface area contributed by atoms with Crippen molar-refractivity contribution in [1.82, 2.24) is 25.8 Å². The van der Waals surface area contributed by atoms with Crippen molar-refractivity contribution < 1.29 is 53.3 Å². The first-order valence-corrected chi connectivity index (χ1v) is 28.4. The summed E-state index contributed by atoms with van der Waals surface area (Å²) in [6.07, 6.45) is 1.80. The van der Waals surface area contributed by atoms with E-state index in [9.17, 15) is 14.4 Å². The predicted octanol–water partition coefficient (Wildman–Crippen LogP) is 7.13. The Hall–Kier alpha value is -5.14. The van der Waals surface area contributed by atoms with E-state index in [1.165, 1.54) is 0 Å². The van der Waals surface area contributed by atoms with E-state index >= 15 is 0 Å². The van der Waals surface area contributed by atoms with E-state index in [1.54, 1.807) is 16.8 Å². The molecule has 0 bridgehead atoms. The Labute approximate surface area is 429 Å². The minimum absolute atomic E-state index is 0.0316. The van der Waals surface area contributed by atoms with E-state index in [-0.39, 0.29) is 55.4 Å². The number of alkyl carbamates (subject to hydrolysis) is 1. The molecule has 1 saturated heterocycles. The Bertz CT molecular complexity index is 2580. The highest BCUT2D eigenvalue weighted by molar-refractivity contribution is 6.74. The van der Waals surface area contributed by atoms with Crippen LogP contribution in [0.25, 0.3) is 33.4 Å². The molecule has 0 spiro atoms. The molecule has 6 rings (SSSR count). The summed E-state index contributed by atoms with van der Waals surface area (Å²) in [4.78, 5) is 46.3. The molecule has 4 aliphatic rings. The van der Waals surface area contributed by atoms with Gasteiger partial charge in [-0.15, -0.1) is 0 Å². The molecule has 1 aliphatic carbocycles. The van der Waals surface area contributed by atoms with Gasteiger partial charge >= 0.3 is 12.1 Å². The van der Waals surface area contributed by atoms with Crippen LogP contribution in [-0.2, 0) is 28.1 Å². The molecule has 0 aromatic heterocycles. The maximum Gasteiger partial charge on any atom is 0.407 e. The van der Waals surface area contributed by atoms with E-state index in [4.69, 9.17) is 33.9 Å². The molecule has 1 fully saturated rings. The second-order valence-corrected chi connectivity index (χ2v) is 25.1. The van der Waals surface area contributed by atoms with Gasteiger partial charge in [0.2, 0.25) is 5.36 Å². The zero-order chi connectivity index (χ0) is 52.9. The molecule has 72 heavy (non-hydrogen) atoms. The van der Waals surface area contributed by atoms with Crippen molar-refractivity contribution in [1.29, 1.82) is 0 Å². The number of benzene rings is 3. The van der Waals surface area contributed by atoms with Gasteiger partial charge in [0.05, 0.1) is 51.2 Å². The van der Waals surface area contributed by atoms with Gasteiger partial charge in [0, 0.05) is 68.4 Å².